The van der Waals surface area contributed by atoms with Crippen LogP contribution >= 0.6 is 0 Å². The first-order chi connectivity index (χ1) is 9.36. The van der Waals surface area contributed by atoms with Crippen molar-refractivity contribution >= 4 is 17.3 Å². The van der Waals surface area contributed by atoms with Crippen molar-refractivity contribution in [3.05, 3.63) is 23.5 Å². The van der Waals surface area contributed by atoms with E-state index in [2.05, 4.69) is 0 Å². The molecule has 0 heterocycles. The number of ether oxygens (including phenoxy) is 1. The Morgan fingerprint density at radius 2 is 2.10 bits per heavy atom. The number of carbonyl (C=O) groups is 1. The molecule has 5 nitrogen and oxygen atoms in total. The van der Waals surface area contributed by atoms with Crippen LogP contribution in [0.3, 0.4) is 0 Å². The molecule has 1 aromatic rings. The van der Waals surface area contributed by atoms with Gasteiger partial charge in [0.05, 0.1) is 17.9 Å². The van der Waals surface area contributed by atoms with E-state index in [1.807, 2.05) is 18.7 Å². The number of benzene rings is 1. The van der Waals surface area contributed by atoms with Crippen LogP contribution in [-0.4, -0.2) is 32.7 Å². The zero-order valence-electron chi connectivity index (χ0n) is 12.1. The molecular weight excluding hydrogens is 261 g/mol. The van der Waals surface area contributed by atoms with Crippen LogP contribution in [0.4, 0.5) is 15.8 Å². The summed E-state index contributed by atoms with van der Waals surface area (Å²) in [6.07, 6.45) is 0. The van der Waals surface area contributed by atoms with Crippen LogP contribution in [0.25, 0.3) is 0 Å². The third kappa shape index (κ3) is 4.09. The van der Waals surface area contributed by atoms with Crippen molar-refractivity contribution in [3.8, 4) is 0 Å². The third-order valence-corrected chi connectivity index (χ3v) is 2.88. The van der Waals surface area contributed by atoms with E-state index in [0.29, 0.717) is 31.3 Å². The van der Waals surface area contributed by atoms with Crippen molar-refractivity contribution in [2.75, 3.05) is 37.4 Å². The highest BCUT2D eigenvalue weighted by molar-refractivity contribution is 5.99. The van der Waals surface area contributed by atoms with Gasteiger partial charge in [-0.2, -0.15) is 0 Å². The average Bonchev–Trinajstić information content (AvgIpc) is 2.34. The normalized spacial score (nSPS) is 10.8. The number of methoxy groups -OCH3 is 1. The van der Waals surface area contributed by atoms with Gasteiger partial charge in [0.15, 0.2) is 0 Å². The summed E-state index contributed by atoms with van der Waals surface area (Å²) in [5.74, 6) is -0.801. The lowest BCUT2D eigenvalue weighted by Crippen LogP contribution is -2.32. The molecule has 0 aliphatic carbocycles. The van der Waals surface area contributed by atoms with E-state index >= 15 is 0 Å². The van der Waals surface area contributed by atoms with Gasteiger partial charge in [0.1, 0.15) is 5.82 Å². The molecule has 1 amide bonds. The van der Waals surface area contributed by atoms with Crippen molar-refractivity contribution < 1.29 is 13.9 Å². The van der Waals surface area contributed by atoms with Gasteiger partial charge in [0, 0.05) is 25.9 Å². The minimum absolute atomic E-state index is 0.0509. The summed E-state index contributed by atoms with van der Waals surface area (Å²) < 4.78 is 19.1. The van der Waals surface area contributed by atoms with Crippen LogP contribution in [-0.2, 0) is 4.74 Å². The Morgan fingerprint density at radius 3 is 2.60 bits per heavy atom. The smallest absolute Gasteiger partial charge is 0.250 e. The second-order valence-electron chi connectivity index (χ2n) is 5.09. The van der Waals surface area contributed by atoms with Gasteiger partial charge in [0.25, 0.3) is 5.91 Å². The largest absolute Gasteiger partial charge is 0.398 e. The van der Waals surface area contributed by atoms with E-state index in [0.717, 1.165) is 6.07 Å². The Labute approximate surface area is 118 Å². The molecule has 0 unspecified atom stereocenters. The Kier molecular flexibility index (Phi) is 5.76. The Balaban J connectivity index is 3.17. The Morgan fingerprint density at radius 1 is 1.45 bits per heavy atom. The molecule has 6 heteroatoms. The molecule has 1 aromatic carbocycles. The lowest BCUT2D eigenvalue weighted by molar-refractivity contribution is 0.100. The molecule has 0 bridgehead atoms. The lowest BCUT2D eigenvalue weighted by atomic mass is 10.1. The summed E-state index contributed by atoms with van der Waals surface area (Å²) in [6, 6.07) is 2.54. The maximum Gasteiger partial charge on any atom is 0.250 e. The topological polar surface area (TPSA) is 81.6 Å². The summed E-state index contributed by atoms with van der Waals surface area (Å²) in [6.45, 7) is 5.69. The molecule has 0 fully saturated rings. The summed E-state index contributed by atoms with van der Waals surface area (Å²) in [4.78, 5) is 13.1. The molecule has 0 aliphatic rings. The van der Waals surface area contributed by atoms with Crippen LogP contribution in [0.1, 0.15) is 24.2 Å². The fourth-order valence-electron chi connectivity index (χ4n) is 1.99. The molecule has 20 heavy (non-hydrogen) atoms. The summed E-state index contributed by atoms with van der Waals surface area (Å²) in [7, 11) is 1.59. The number of anilines is 2. The summed E-state index contributed by atoms with van der Waals surface area (Å²) in [5.41, 5.74) is 11.4. The number of halogens is 1. The van der Waals surface area contributed by atoms with Crippen molar-refractivity contribution in [2.45, 2.75) is 13.8 Å². The number of nitrogens with zero attached hydrogens (tertiary/aromatic N) is 1. The van der Waals surface area contributed by atoms with E-state index in [-0.39, 0.29) is 11.3 Å². The molecule has 112 valence electrons. The van der Waals surface area contributed by atoms with Gasteiger partial charge in [-0.15, -0.1) is 0 Å². The maximum absolute atomic E-state index is 14.1. The first-order valence-electron chi connectivity index (χ1n) is 6.49. The van der Waals surface area contributed by atoms with Gasteiger partial charge in [0.2, 0.25) is 0 Å². The average molecular weight is 283 g/mol. The fourth-order valence-corrected chi connectivity index (χ4v) is 1.99. The molecule has 4 N–H and O–H groups in total. The summed E-state index contributed by atoms with van der Waals surface area (Å²) in [5, 5.41) is 0. The minimum Gasteiger partial charge on any atom is -0.398 e. The van der Waals surface area contributed by atoms with Crippen molar-refractivity contribution in [3.63, 3.8) is 0 Å². The molecule has 0 aromatic heterocycles. The highest BCUT2D eigenvalue weighted by Crippen LogP contribution is 2.26. The van der Waals surface area contributed by atoms with Gasteiger partial charge >= 0.3 is 0 Å². The number of primary amides is 1. The Bertz CT molecular complexity index is 478. The van der Waals surface area contributed by atoms with E-state index in [1.165, 1.54) is 6.07 Å². The number of carbonyl (C=O) groups excluding carboxylic acids is 1. The molecule has 0 spiro atoms. The van der Waals surface area contributed by atoms with Crippen LogP contribution < -0.4 is 16.4 Å². The molecule has 1 rings (SSSR count). The second-order valence-corrected chi connectivity index (χ2v) is 5.09. The highest BCUT2D eigenvalue weighted by Gasteiger charge is 2.17. The zero-order valence-corrected chi connectivity index (χ0v) is 12.1. The third-order valence-electron chi connectivity index (χ3n) is 2.88. The van der Waals surface area contributed by atoms with Crippen LogP contribution in [0.5, 0.6) is 0 Å². The number of hydrogen-bond acceptors (Lipinski definition) is 4. The Hall–Kier alpha value is -1.82. The monoisotopic (exact) mass is 283 g/mol. The summed E-state index contributed by atoms with van der Waals surface area (Å²) >= 11 is 0. The molecule has 0 saturated heterocycles. The van der Waals surface area contributed by atoms with Crippen molar-refractivity contribution in [2.24, 2.45) is 11.7 Å². The van der Waals surface area contributed by atoms with Gasteiger partial charge in [-0.05, 0) is 18.1 Å². The molecule has 0 atom stereocenters. The van der Waals surface area contributed by atoms with Crippen molar-refractivity contribution in [1.29, 1.82) is 0 Å². The molecule has 0 radical (unpaired) electrons. The number of rotatable bonds is 7. The number of nitrogen functional groups attached to an aromatic ring is 1. The highest BCUT2D eigenvalue weighted by atomic mass is 19.1. The maximum atomic E-state index is 14.1. The predicted octanol–water partition coefficient (Wildman–Crippen LogP) is 1.62. The lowest BCUT2D eigenvalue weighted by Gasteiger charge is -2.27. The zero-order chi connectivity index (χ0) is 15.3. The molecular formula is C14H22FN3O2. The standard InChI is InChI=1S/C14H22FN3O2/c1-9(2)8-18(4-5-20-3)13-6-10(14(17)19)12(16)7-11(13)15/h6-7,9H,4-5,8,16H2,1-3H3,(H2,17,19). The molecule has 0 saturated carbocycles. The SMILES string of the molecule is COCCN(CC(C)C)c1cc(C(N)=O)c(N)cc1F. The van der Waals surface area contributed by atoms with Gasteiger partial charge < -0.3 is 21.1 Å². The number of nitrogens with two attached hydrogens (primary N) is 2. The minimum atomic E-state index is -0.667. The first-order valence-corrected chi connectivity index (χ1v) is 6.49. The molecule has 0 aliphatic heterocycles. The van der Waals surface area contributed by atoms with Gasteiger partial charge in [-0.3, -0.25) is 4.79 Å². The number of hydrogen-bond donors (Lipinski definition) is 2. The number of amides is 1. The van der Waals surface area contributed by atoms with Crippen LogP contribution in [0, 0.1) is 11.7 Å². The van der Waals surface area contributed by atoms with Gasteiger partial charge in [-0.25, -0.2) is 4.39 Å². The fraction of sp³-hybridized carbons (Fsp3) is 0.500. The van der Waals surface area contributed by atoms with E-state index in [1.54, 1.807) is 7.11 Å². The first kappa shape index (κ1) is 16.2. The van der Waals surface area contributed by atoms with E-state index in [4.69, 9.17) is 16.2 Å². The predicted molar refractivity (Wildman–Crippen MR) is 78.3 cm³/mol. The van der Waals surface area contributed by atoms with Crippen LogP contribution in [0.2, 0.25) is 0 Å². The van der Waals surface area contributed by atoms with E-state index in [9.17, 15) is 9.18 Å². The van der Waals surface area contributed by atoms with Gasteiger partial charge in [-0.1, -0.05) is 13.8 Å². The van der Waals surface area contributed by atoms with E-state index < -0.39 is 11.7 Å². The second kappa shape index (κ2) is 7.09. The van der Waals surface area contributed by atoms with Crippen LogP contribution in [0.15, 0.2) is 12.1 Å². The quantitative estimate of drug-likeness (QED) is 0.745. The van der Waals surface area contributed by atoms with Crippen molar-refractivity contribution in [1.82, 2.24) is 0 Å².